The van der Waals surface area contributed by atoms with Crippen molar-refractivity contribution in [3.8, 4) is 0 Å². The van der Waals surface area contributed by atoms with Gasteiger partial charge in [-0.25, -0.2) is 4.79 Å². The normalized spacial score (nSPS) is 15.8. The van der Waals surface area contributed by atoms with Crippen molar-refractivity contribution in [3.63, 3.8) is 0 Å². The van der Waals surface area contributed by atoms with E-state index in [9.17, 15) is 19.5 Å². The number of nitrogens with zero attached hydrogens (tertiary/aromatic N) is 1. The molecule has 0 unspecified atom stereocenters. The summed E-state index contributed by atoms with van der Waals surface area (Å²) >= 11 is 15.6. The minimum Gasteiger partial charge on any atom is -0.480 e. The van der Waals surface area contributed by atoms with Gasteiger partial charge in [0, 0.05) is 30.0 Å². The number of carboxylic acids is 1. The molecule has 2 N–H and O–H groups in total. The van der Waals surface area contributed by atoms with Gasteiger partial charge in [-0.2, -0.15) is 11.8 Å². The van der Waals surface area contributed by atoms with Gasteiger partial charge in [-0.1, -0.05) is 29.3 Å². The lowest BCUT2D eigenvalue weighted by Crippen LogP contribution is -2.47. The van der Waals surface area contributed by atoms with Crippen molar-refractivity contribution in [1.82, 2.24) is 10.2 Å². The summed E-state index contributed by atoms with van der Waals surface area (Å²) in [6, 6.07) is 2.80. The molecule has 1 atom stereocenters. The third kappa shape index (κ3) is 7.34. The highest BCUT2D eigenvalue weighted by Crippen LogP contribution is 2.35. The zero-order valence-electron chi connectivity index (χ0n) is 17.4. The molecule has 2 rings (SSSR count). The number of carbonyl (C=O) groups is 3. The molecule has 1 fully saturated rings. The number of halogens is 2. The Kier molecular flexibility index (Phi) is 10.6. The molecule has 0 bridgehead atoms. The van der Waals surface area contributed by atoms with Crippen LogP contribution in [0.15, 0.2) is 23.1 Å². The SMILES string of the molecule is CSCC[C@H](NC(=O)C1CCN(C(=O)/C=C/c2ccc(SC)c(Cl)c2Cl)CC1)C(=O)O. The van der Waals surface area contributed by atoms with Crippen LogP contribution < -0.4 is 5.32 Å². The molecular weight excluding hydrogens is 479 g/mol. The summed E-state index contributed by atoms with van der Waals surface area (Å²) in [7, 11) is 0. The Morgan fingerprint density at radius 1 is 1.23 bits per heavy atom. The Morgan fingerprint density at radius 2 is 1.90 bits per heavy atom. The summed E-state index contributed by atoms with van der Waals surface area (Å²) in [4.78, 5) is 38.9. The second-order valence-corrected chi connectivity index (χ2v) is 9.69. The number of thioether (sulfide) groups is 2. The van der Waals surface area contributed by atoms with E-state index in [2.05, 4.69) is 5.32 Å². The number of benzene rings is 1. The highest BCUT2D eigenvalue weighted by atomic mass is 35.5. The quantitative estimate of drug-likeness (QED) is 0.385. The largest absolute Gasteiger partial charge is 0.480 e. The first-order valence-electron chi connectivity index (χ1n) is 9.79. The maximum Gasteiger partial charge on any atom is 0.326 e. The van der Waals surface area contributed by atoms with Crippen LogP contribution in [-0.2, 0) is 14.4 Å². The molecule has 1 aromatic rings. The van der Waals surface area contributed by atoms with E-state index in [0.717, 1.165) is 4.90 Å². The molecule has 6 nitrogen and oxygen atoms in total. The minimum atomic E-state index is -1.02. The fraction of sp³-hybridized carbons (Fsp3) is 0.476. The van der Waals surface area contributed by atoms with Crippen LogP contribution in [0.3, 0.4) is 0 Å². The van der Waals surface area contributed by atoms with Crippen LogP contribution in [0.25, 0.3) is 6.08 Å². The number of amides is 2. The lowest BCUT2D eigenvalue weighted by atomic mass is 9.95. The molecule has 0 radical (unpaired) electrons. The molecule has 2 amide bonds. The Morgan fingerprint density at radius 3 is 2.48 bits per heavy atom. The molecule has 170 valence electrons. The van der Waals surface area contributed by atoms with Gasteiger partial charge in [-0.15, -0.1) is 11.8 Å². The molecule has 1 aromatic carbocycles. The van der Waals surface area contributed by atoms with Crippen molar-refractivity contribution in [1.29, 1.82) is 0 Å². The number of hydrogen-bond donors (Lipinski definition) is 2. The summed E-state index contributed by atoms with van der Waals surface area (Å²) in [5.74, 6) is -1.08. The summed E-state index contributed by atoms with van der Waals surface area (Å²) in [6.45, 7) is 0.868. The van der Waals surface area contributed by atoms with Crippen molar-refractivity contribution in [2.75, 3.05) is 31.4 Å². The van der Waals surface area contributed by atoms with Crippen molar-refractivity contribution in [2.24, 2.45) is 5.92 Å². The second kappa shape index (κ2) is 12.6. The van der Waals surface area contributed by atoms with Crippen molar-refractivity contribution >= 4 is 70.6 Å². The fourth-order valence-corrected chi connectivity index (χ4v) is 4.89. The van der Waals surface area contributed by atoms with E-state index in [1.807, 2.05) is 24.6 Å². The van der Waals surface area contributed by atoms with Gasteiger partial charge in [0.2, 0.25) is 11.8 Å². The molecule has 0 aromatic heterocycles. The molecular formula is C21H26Cl2N2O4S2. The summed E-state index contributed by atoms with van der Waals surface area (Å²) in [5.41, 5.74) is 0.664. The van der Waals surface area contributed by atoms with E-state index < -0.39 is 12.0 Å². The third-order valence-electron chi connectivity index (χ3n) is 5.10. The van der Waals surface area contributed by atoms with Gasteiger partial charge in [0.25, 0.3) is 0 Å². The number of carboxylic acid groups (broad SMARTS) is 1. The molecule has 1 aliphatic heterocycles. The van der Waals surface area contributed by atoms with Crippen LogP contribution in [0, 0.1) is 5.92 Å². The van der Waals surface area contributed by atoms with Gasteiger partial charge < -0.3 is 15.3 Å². The van der Waals surface area contributed by atoms with Gasteiger partial charge in [0.15, 0.2) is 0 Å². The molecule has 0 saturated carbocycles. The Hall–Kier alpha value is -1.35. The number of rotatable bonds is 9. The highest BCUT2D eigenvalue weighted by Gasteiger charge is 2.29. The first-order chi connectivity index (χ1) is 14.8. The Balaban J connectivity index is 1.90. The van der Waals surface area contributed by atoms with Gasteiger partial charge in [0.1, 0.15) is 6.04 Å². The molecule has 0 aliphatic carbocycles. The average Bonchev–Trinajstić information content (AvgIpc) is 2.77. The number of piperidine rings is 1. The number of carbonyl (C=O) groups excluding carboxylic acids is 2. The zero-order chi connectivity index (χ0) is 23.0. The van der Waals surface area contributed by atoms with Crippen molar-refractivity contribution in [3.05, 3.63) is 33.8 Å². The number of hydrogen-bond acceptors (Lipinski definition) is 5. The van der Waals surface area contributed by atoms with Crippen LogP contribution in [0.5, 0.6) is 0 Å². The monoisotopic (exact) mass is 504 g/mol. The molecule has 31 heavy (non-hydrogen) atoms. The zero-order valence-corrected chi connectivity index (χ0v) is 20.5. The maximum atomic E-state index is 12.5. The number of likely N-dealkylation sites (tertiary alicyclic amines) is 1. The predicted octanol–water partition coefficient (Wildman–Crippen LogP) is 4.29. The van der Waals surface area contributed by atoms with Gasteiger partial charge >= 0.3 is 5.97 Å². The predicted molar refractivity (Wildman–Crippen MR) is 129 cm³/mol. The van der Waals surface area contributed by atoms with E-state index in [-0.39, 0.29) is 17.7 Å². The van der Waals surface area contributed by atoms with Gasteiger partial charge in [-0.3, -0.25) is 9.59 Å². The van der Waals surface area contributed by atoms with Gasteiger partial charge in [0.05, 0.1) is 10.0 Å². The molecule has 0 spiro atoms. The Labute approximate surface area is 201 Å². The highest BCUT2D eigenvalue weighted by molar-refractivity contribution is 7.98. The molecule has 10 heteroatoms. The number of aliphatic carboxylic acids is 1. The summed E-state index contributed by atoms with van der Waals surface area (Å²) < 4.78 is 0. The van der Waals surface area contributed by atoms with E-state index >= 15 is 0 Å². The Bertz CT molecular complexity index is 843. The van der Waals surface area contributed by atoms with Crippen LogP contribution >= 0.6 is 46.7 Å². The molecule has 1 heterocycles. The van der Waals surface area contributed by atoms with E-state index in [1.54, 1.807) is 11.0 Å². The van der Waals surface area contributed by atoms with Crippen molar-refractivity contribution in [2.45, 2.75) is 30.2 Å². The molecule has 1 aliphatic rings. The average molecular weight is 505 g/mol. The minimum absolute atomic E-state index is 0.164. The van der Waals surface area contributed by atoms with Gasteiger partial charge in [-0.05, 0) is 55.2 Å². The maximum absolute atomic E-state index is 12.5. The van der Waals surface area contributed by atoms with Crippen molar-refractivity contribution < 1.29 is 19.5 Å². The first-order valence-corrected chi connectivity index (χ1v) is 13.2. The van der Waals surface area contributed by atoms with E-state index in [0.29, 0.717) is 53.7 Å². The first kappa shape index (κ1) is 25.9. The standard InChI is InChI=1S/C21H26Cl2N2O4S2/c1-30-12-9-15(21(28)29)24-20(27)14-7-10-25(11-8-14)17(26)6-4-13-3-5-16(31-2)19(23)18(13)22/h3-6,14-15H,7-12H2,1-2H3,(H,24,27)(H,28,29)/b6-4+/t15-/m0/s1. The smallest absolute Gasteiger partial charge is 0.326 e. The van der Waals surface area contributed by atoms with E-state index in [4.69, 9.17) is 23.2 Å². The van der Waals surface area contributed by atoms with Crippen LogP contribution in [0.4, 0.5) is 0 Å². The van der Waals surface area contributed by atoms with Crippen LogP contribution in [-0.4, -0.2) is 65.2 Å². The number of nitrogens with one attached hydrogen (secondary N) is 1. The van der Waals surface area contributed by atoms with E-state index in [1.165, 1.54) is 29.6 Å². The summed E-state index contributed by atoms with van der Waals surface area (Å²) in [5, 5.41) is 12.8. The molecule has 1 saturated heterocycles. The van der Waals surface area contributed by atoms with Crippen LogP contribution in [0.2, 0.25) is 10.0 Å². The third-order valence-corrected chi connectivity index (χ3v) is 7.54. The second-order valence-electron chi connectivity index (χ2n) is 7.10. The summed E-state index contributed by atoms with van der Waals surface area (Å²) in [6.07, 6.45) is 8.28. The lowest BCUT2D eigenvalue weighted by molar-refractivity contribution is -0.143. The lowest BCUT2D eigenvalue weighted by Gasteiger charge is -2.31. The topological polar surface area (TPSA) is 86.7 Å². The van der Waals surface area contributed by atoms with Crippen LogP contribution in [0.1, 0.15) is 24.8 Å². The fourth-order valence-electron chi connectivity index (χ4n) is 3.24.